The second-order valence-corrected chi connectivity index (χ2v) is 10.6. The molecule has 0 unspecified atom stereocenters. The first-order valence-corrected chi connectivity index (χ1v) is 12.5. The first-order valence-electron chi connectivity index (χ1n) is 10.9. The van der Waals surface area contributed by atoms with E-state index in [-0.39, 0.29) is 22.6 Å². The van der Waals surface area contributed by atoms with E-state index in [1.807, 2.05) is 37.2 Å². The summed E-state index contributed by atoms with van der Waals surface area (Å²) in [6, 6.07) is 10.4. The minimum atomic E-state index is -0.983. The zero-order chi connectivity index (χ0) is 26.2. The Morgan fingerprint density at radius 2 is 2.00 bits per heavy atom. The van der Waals surface area contributed by atoms with Gasteiger partial charge in [0.25, 0.3) is 5.91 Å². The lowest BCUT2D eigenvalue weighted by Gasteiger charge is -2.29. The van der Waals surface area contributed by atoms with E-state index >= 15 is 0 Å². The molecule has 2 heterocycles. The van der Waals surface area contributed by atoms with Crippen LogP contribution in [0.25, 0.3) is 15.1 Å². The van der Waals surface area contributed by atoms with Crippen molar-refractivity contribution in [2.75, 3.05) is 42.4 Å². The van der Waals surface area contributed by atoms with Crippen molar-refractivity contribution in [3.8, 4) is 0 Å². The molecule has 1 aliphatic heterocycles. The Balaban J connectivity index is 1.59. The van der Waals surface area contributed by atoms with Crippen LogP contribution in [0, 0.1) is 6.57 Å². The number of hydrogen-bond acceptors (Lipinski definition) is 7. The third kappa shape index (κ3) is 4.85. The highest BCUT2D eigenvalue weighted by Gasteiger charge is 2.50. The smallest absolute Gasteiger partial charge is 0.413 e. The molecule has 0 aliphatic carbocycles. The van der Waals surface area contributed by atoms with Gasteiger partial charge in [-0.1, -0.05) is 29.0 Å². The van der Waals surface area contributed by atoms with Gasteiger partial charge in [-0.2, -0.15) is 0 Å². The minimum absolute atomic E-state index is 0.222. The largest absolute Gasteiger partial charge is 0.448 e. The normalized spacial score (nSPS) is 15.0. The minimum Gasteiger partial charge on any atom is -0.448 e. The molecule has 1 fully saturated rings. The predicted molar refractivity (Wildman–Crippen MR) is 148 cm³/mol. The number of halogens is 1. The molecule has 1 aromatic heterocycles. The number of carbonyl (C=O) groups is 2. The van der Waals surface area contributed by atoms with E-state index in [1.165, 1.54) is 16.2 Å². The van der Waals surface area contributed by atoms with Crippen LogP contribution in [0.1, 0.15) is 13.8 Å². The van der Waals surface area contributed by atoms with Crippen LogP contribution in [0.5, 0.6) is 0 Å². The SMILES string of the molecule is [C-]#[N+]c1ccc(N2C(=O)C(C)(C)N(c3ccc4sc(NC(=O)OCCN(C)C)nc4c3)C2=S)cc1Cl. The monoisotopic (exact) mass is 542 g/mol. The summed E-state index contributed by atoms with van der Waals surface area (Å²) >= 11 is 13.3. The maximum Gasteiger partial charge on any atom is 0.413 e. The molecule has 2 aromatic carbocycles. The summed E-state index contributed by atoms with van der Waals surface area (Å²) in [6.07, 6.45) is -0.567. The van der Waals surface area contributed by atoms with Crippen molar-refractivity contribution in [3.63, 3.8) is 0 Å². The third-order valence-electron chi connectivity index (χ3n) is 5.59. The average molecular weight is 543 g/mol. The zero-order valence-corrected chi connectivity index (χ0v) is 22.4. The van der Waals surface area contributed by atoms with Crippen molar-refractivity contribution in [1.82, 2.24) is 9.88 Å². The van der Waals surface area contributed by atoms with E-state index in [4.69, 9.17) is 35.1 Å². The number of thiocarbonyl (C=S) groups is 1. The molecule has 1 saturated heterocycles. The number of nitrogens with one attached hydrogen (secondary N) is 1. The van der Waals surface area contributed by atoms with Crippen molar-refractivity contribution < 1.29 is 14.3 Å². The summed E-state index contributed by atoms with van der Waals surface area (Å²) in [4.78, 5) is 38.5. The van der Waals surface area contributed by atoms with Crippen molar-refractivity contribution >= 4 is 84.7 Å². The van der Waals surface area contributed by atoms with E-state index in [0.717, 1.165) is 4.70 Å². The number of anilines is 3. The second-order valence-electron chi connectivity index (χ2n) is 8.80. The summed E-state index contributed by atoms with van der Waals surface area (Å²) in [5, 5.41) is 3.61. The molecular weight excluding hydrogens is 520 g/mol. The van der Waals surface area contributed by atoms with Gasteiger partial charge in [0.15, 0.2) is 10.2 Å². The number of aromatic nitrogens is 1. The summed E-state index contributed by atoms with van der Waals surface area (Å²) in [5.41, 5.74) is 1.14. The fourth-order valence-electron chi connectivity index (χ4n) is 3.73. The van der Waals surface area contributed by atoms with Crippen LogP contribution in [0.15, 0.2) is 36.4 Å². The van der Waals surface area contributed by atoms with Gasteiger partial charge in [-0.15, -0.1) is 0 Å². The van der Waals surface area contributed by atoms with Crippen molar-refractivity contribution in [2.24, 2.45) is 0 Å². The molecule has 0 saturated carbocycles. The average Bonchev–Trinajstić information content (AvgIpc) is 3.27. The molecule has 1 aliphatic rings. The first-order chi connectivity index (χ1) is 17.0. The highest BCUT2D eigenvalue weighted by molar-refractivity contribution is 7.81. The Morgan fingerprint density at radius 3 is 2.67 bits per heavy atom. The molecule has 4 rings (SSSR count). The number of likely N-dealkylation sites (N-methyl/N-ethyl adjacent to an activating group) is 1. The van der Waals surface area contributed by atoms with E-state index in [1.54, 1.807) is 36.9 Å². The van der Waals surface area contributed by atoms with Crippen LogP contribution in [0.3, 0.4) is 0 Å². The maximum atomic E-state index is 13.4. The van der Waals surface area contributed by atoms with Gasteiger partial charge < -0.3 is 14.5 Å². The fraction of sp³-hybridized carbons (Fsp3) is 0.292. The van der Waals surface area contributed by atoms with Crippen LogP contribution in [0.4, 0.5) is 27.0 Å². The predicted octanol–water partition coefficient (Wildman–Crippen LogP) is 5.53. The second kappa shape index (κ2) is 9.99. The Hall–Kier alpha value is -3.30. The topological polar surface area (TPSA) is 82.4 Å². The molecule has 0 radical (unpaired) electrons. The molecule has 3 aromatic rings. The van der Waals surface area contributed by atoms with Gasteiger partial charge in [0.2, 0.25) is 5.69 Å². The van der Waals surface area contributed by atoms with Gasteiger partial charge >= 0.3 is 6.09 Å². The van der Waals surface area contributed by atoms with Crippen molar-refractivity contribution in [1.29, 1.82) is 0 Å². The Bertz CT molecular complexity index is 1410. The number of fused-ring (bicyclic) bond motifs is 1. The third-order valence-corrected chi connectivity index (χ3v) is 7.21. The molecule has 1 N–H and O–H groups in total. The number of carbonyl (C=O) groups excluding carboxylic acids is 2. The number of benzene rings is 2. The maximum absolute atomic E-state index is 13.4. The number of hydrogen-bond donors (Lipinski definition) is 1. The Labute approximate surface area is 223 Å². The van der Waals surface area contributed by atoms with Crippen molar-refractivity contribution in [2.45, 2.75) is 19.4 Å². The molecule has 9 nitrogen and oxygen atoms in total. The van der Waals surface area contributed by atoms with Crippen LogP contribution < -0.4 is 15.1 Å². The van der Waals surface area contributed by atoms with Crippen molar-refractivity contribution in [3.05, 3.63) is 52.8 Å². The molecule has 186 valence electrons. The molecule has 0 atom stereocenters. The summed E-state index contributed by atoms with van der Waals surface area (Å²) in [7, 11) is 3.79. The number of rotatable bonds is 6. The molecular formula is C24H23ClN6O3S2. The van der Waals surface area contributed by atoms with Gasteiger partial charge in [0.05, 0.1) is 22.5 Å². The lowest BCUT2D eigenvalue weighted by atomic mass is 10.0. The van der Waals surface area contributed by atoms with E-state index < -0.39 is 11.6 Å². The highest BCUT2D eigenvalue weighted by atomic mass is 35.5. The summed E-state index contributed by atoms with van der Waals surface area (Å²) in [6.45, 7) is 11.7. The molecule has 12 heteroatoms. The zero-order valence-electron chi connectivity index (χ0n) is 20.0. The van der Waals surface area contributed by atoms with Gasteiger partial charge in [-0.3, -0.25) is 15.0 Å². The lowest BCUT2D eigenvalue weighted by molar-refractivity contribution is -0.120. The molecule has 36 heavy (non-hydrogen) atoms. The van der Waals surface area contributed by atoms with E-state index in [9.17, 15) is 9.59 Å². The van der Waals surface area contributed by atoms with Crippen LogP contribution in [-0.2, 0) is 9.53 Å². The standard InChI is InChI=1S/C24H23ClN6O3S2/c1-24(2)20(32)30(14-6-8-17(26-3)16(25)12-14)23(35)31(24)15-7-9-19-18(13-15)27-21(36-19)28-22(33)34-11-10-29(4)5/h6-9,12-13H,10-11H2,1-2,4-5H3,(H,27,28,33). The van der Waals surface area contributed by atoms with Gasteiger partial charge in [-0.25, -0.2) is 14.6 Å². The van der Waals surface area contributed by atoms with Gasteiger partial charge in [0.1, 0.15) is 12.1 Å². The molecule has 0 bridgehead atoms. The number of thiazole rings is 1. The van der Waals surface area contributed by atoms with Crippen LogP contribution in [0.2, 0.25) is 5.02 Å². The fourth-order valence-corrected chi connectivity index (χ4v) is 5.31. The molecule has 2 amide bonds. The highest BCUT2D eigenvalue weighted by Crippen LogP contribution is 2.40. The van der Waals surface area contributed by atoms with E-state index in [2.05, 4.69) is 15.1 Å². The lowest BCUT2D eigenvalue weighted by Crippen LogP contribution is -2.44. The van der Waals surface area contributed by atoms with Gasteiger partial charge in [-0.05, 0) is 70.5 Å². The van der Waals surface area contributed by atoms with E-state index in [0.29, 0.717) is 34.3 Å². The number of nitrogens with zero attached hydrogens (tertiary/aromatic N) is 5. The number of amides is 2. The van der Waals surface area contributed by atoms with Crippen LogP contribution >= 0.6 is 35.2 Å². The quantitative estimate of drug-likeness (QED) is 0.324. The summed E-state index contributed by atoms with van der Waals surface area (Å²) in [5.74, 6) is -0.222. The number of ether oxygens (including phenoxy) is 1. The first kappa shape index (κ1) is 25.8. The Kier molecular flexibility index (Phi) is 7.15. The summed E-state index contributed by atoms with van der Waals surface area (Å²) < 4.78 is 6.03. The Morgan fingerprint density at radius 1 is 1.28 bits per heavy atom. The van der Waals surface area contributed by atoms with Crippen LogP contribution in [-0.4, -0.2) is 59.8 Å². The molecule has 0 spiro atoms. The van der Waals surface area contributed by atoms with Gasteiger partial charge in [0, 0.05) is 17.3 Å².